The molecule has 0 atom stereocenters. The smallest absolute Gasteiger partial charge is 0.237 e. The number of thioether (sulfide) groups is 1. The summed E-state index contributed by atoms with van der Waals surface area (Å²) in [5.41, 5.74) is 3.65. The number of carbonyl (C=O) groups excluding carboxylic acids is 1. The summed E-state index contributed by atoms with van der Waals surface area (Å²) in [6.07, 6.45) is 0.895. The molecule has 1 aliphatic rings. The standard InChI is InChI=1S/C23H21N5O3S/c1-30-18-8-7-16(13-19(18)31-2)23-25-24-20-9-10-21(26-28(20)23)32-14-22(29)27-12-11-15-5-3-4-6-17(15)27/h3-10,13H,11-12,14H2,1-2H3. The van der Waals surface area contributed by atoms with E-state index in [0.29, 0.717) is 28.7 Å². The number of aromatic nitrogens is 4. The summed E-state index contributed by atoms with van der Waals surface area (Å²) < 4.78 is 12.4. The summed E-state index contributed by atoms with van der Waals surface area (Å²) in [5, 5.41) is 13.9. The summed E-state index contributed by atoms with van der Waals surface area (Å²) in [7, 11) is 3.18. The zero-order chi connectivity index (χ0) is 22.1. The molecule has 4 aromatic rings. The lowest BCUT2D eigenvalue weighted by molar-refractivity contribution is -0.116. The van der Waals surface area contributed by atoms with Gasteiger partial charge in [-0.05, 0) is 48.4 Å². The minimum atomic E-state index is 0.0747. The Labute approximate surface area is 189 Å². The van der Waals surface area contributed by atoms with Crippen LogP contribution in [-0.2, 0) is 11.2 Å². The van der Waals surface area contributed by atoms with Crippen LogP contribution in [0, 0.1) is 0 Å². The zero-order valence-corrected chi connectivity index (χ0v) is 18.5. The summed E-state index contributed by atoms with van der Waals surface area (Å²) in [6.45, 7) is 0.722. The topological polar surface area (TPSA) is 81.9 Å². The summed E-state index contributed by atoms with van der Waals surface area (Å²) in [5.74, 6) is 2.20. The molecule has 0 spiro atoms. The van der Waals surface area contributed by atoms with E-state index in [4.69, 9.17) is 9.47 Å². The van der Waals surface area contributed by atoms with Crippen LogP contribution in [-0.4, -0.2) is 52.2 Å². The van der Waals surface area contributed by atoms with Crippen LogP contribution in [0.5, 0.6) is 11.5 Å². The Morgan fingerprint density at radius 3 is 2.72 bits per heavy atom. The lowest BCUT2D eigenvalue weighted by Crippen LogP contribution is -2.30. The van der Waals surface area contributed by atoms with Crippen LogP contribution in [0.15, 0.2) is 59.6 Å². The third-order valence-corrected chi connectivity index (χ3v) is 6.32. The van der Waals surface area contributed by atoms with Gasteiger partial charge in [-0.2, -0.15) is 9.61 Å². The molecular formula is C23H21N5O3S. The maximum absolute atomic E-state index is 12.8. The predicted octanol–water partition coefficient (Wildman–Crippen LogP) is 3.49. The van der Waals surface area contributed by atoms with Gasteiger partial charge in [-0.15, -0.1) is 10.2 Å². The second-order valence-corrected chi connectivity index (χ2v) is 8.24. The van der Waals surface area contributed by atoms with Gasteiger partial charge in [0.25, 0.3) is 0 Å². The number of nitrogens with zero attached hydrogens (tertiary/aromatic N) is 5. The third kappa shape index (κ3) is 3.64. The number of hydrogen-bond acceptors (Lipinski definition) is 7. The van der Waals surface area contributed by atoms with Gasteiger partial charge in [-0.1, -0.05) is 30.0 Å². The molecule has 162 valence electrons. The molecule has 9 heteroatoms. The Morgan fingerprint density at radius 1 is 1.03 bits per heavy atom. The van der Waals surface area contributed by atoms with Crippen molar-refractivity contribution in [3.8, 4) is 22.9 Å². The molecule has 2 aromatic heterocycles. The highest BCUT2D eigenvalue weighted by Crippen LogP contribution is 2.32. The van der Waals surface area contributed by atoms with Gasteiger partial charge in [0.15, 0.2) is 23.0 Å². The first-order valence-corrected chi connectivity index (χ1v) is 11.1. The van der Waals surface area contributed by atoms with E-state index in [9.17, 15) is 4.79 Å². The van der Waals surface area contributed by atoms with Crippen molar-refractivity contribution in [1.82, 2.24) is 19.8 Å². The van der Waals surface area contributed by atoms with Gasteiger partial charge >= 0.3 is 0 Å². The Hall–Kier alpha value is -3.59. The van der Waals surface area contributed by atoms with Gasteiger partial charge in [0, 0.05) is 17.8 Å². The average molecular weight is 448 g/mol. The lowest BCUT2D eigenvalue weighted by atomic mass is 10.2. The fraction of sp³-hybridized carbons (Fsp3) is 0.217. The lowest BCUT2D eigenvalue weighted by Gasteiger charge is -2.16. The summed E-state index contributed by atoms with van der Waals surface area (Å²) in [4.78, 5) is 14.7. The van der Waals surface area contributed by atoms with Crippen molar-refractivity contribution in [1.29, 1.82) is 0 Å². The molecule has 0 saturated heterocycles. The Morgan fingerprint density at radius 2 is 1.88 bits per heavy atom. The molecular weight excluding hydrogens is 426 g/mol. The van der Waals surface area contributed by atoms with Gasteiger partial charge in [0.05, 0.1) is 20.0 Å². The highest BCUT2D eigenvalue weighted by atomic mass is 32.2. The number of methoxy groups -OCH3 is 2. The molecule has 8 nitrogen and oxygen atoms in total. The van der Waals surface area contributed by atoms with Crippen molar-refractivity contribution in [2.24, 2.45) is 0 Å². The van der Waals surface area contributed by atoms with E-state index in [1.807, 2.05) is 53.4 Å². The van der Waals surface area contributed by atoms with Crippen LogP contribution in [0.4, 0.5) is 5.69 Å². The second-order valence-electron chi connectivity index (χ2n) is 7.25. The quantitative estimate of drug-likeness (QED) is 0.419. The Bertz CT molecular complexity index is 1310. The number of hydrogen-bond donors (Lipinski definition) is 0. The van der Waals surface area contributed by atoms with Crippen LogP contribution >= 0.6 is 11.8 Å². The first-order valence-electron chi connectivity index (χ1n) is 10.1. The summed E-state index contributed by atoms with van der Waals surface area (Å²) in [6, 6.07) is 17.3. The number of amides is 1. The highest BCUT2D eigenvalue weighted by molar-refractivity contribution is 7.99. The van der Waals surface area contributed by atoms with Crippen molar-refractivity contribution in [3.05, 3.63) is 60.2 Å². The number of rotatable bonds is 6. The van der Waals surface area contributed by atoms with Crippen LogP contribution in [0.3, 0.4) is 0 Å². The average Bonchev–Trinajstić information content (AvgIpc) is 3.46. The predicted molar refractivity (Wildman–Crippen MR) is 123 cm³/mol. The maximum atomic E-state index is 12.8. The molecule has 5 rings (SSSR count). The maximum Gasteiger partial charge on any atom is 0.237 e. The van der Waals surface area contributed by atoms with E-state index >= 15 is 0 Å². The molecule has 0 radical (unpaired) electrons. The molecule has 0 N–H and O–H groups in total. The van der Waals surface area contributed by atoms with E-state index in [1.54, 1.807) is 18.7 Å². The number of para-hydroxylation sites is 1. The molecule has 0 fully saturated rings. The largest absolute Gasteiger partial charge is 0.493 e. The molecule has 0 bridgehead atoms. The molecule has 2 aromatic carbocycles. The highest BCUT2D eigenvalue weighted by Gasteiger charge is 2.24. The molecule has 0 aliphatic carbocycles. The van der Waals surface area contributed by atoms with E-state index in [2.05, 4.69) is 21.4 Å². The number of carbonyl (C=O) groups is 1. The van der Waals surface area contributed by atoms with Crippen LogP contribution in [0.1, 0.15) is 5.56 Å². The molecule has 1 amide bonds. The molecule has 1 aliphatic heterocycles. The van der Waals surface area contributed by atoms with Crippen LogP contribution < -0.4 is 14.4 Å². The normalized spacial score (nSPS) is 12.8. The SMILES string of the molecule is COc1ccc(-c2nnc3ccc(SCC(=O)N4CCc5ccccc54)nn23)cc1OC. The van der Waals surface area contributed by atoms with Gasteiger partial charge in [-0.3, -0.25) is 4.79 Å². The monoisotopic (exact) mass is 447 g/mol. The van der Waals surface area contributed by atoms with Crippen LogP contribution in [0.25, 0.3) is 17.0 Å². The Kier molecular flexibility index (Phi) is 5.40. The number of fused-ring (bicyclic) bond motifs is 2. The van der Waals surface area contributed by atoms with E-state index in [1.165, 1.54) is 17.3 Å². The molecule has 0 saturated carbocycles. The summed E-state index contributed by atoms with van der Waals surface area (Å²) >= 11 is 1.40. The fourth-order valence-electron chi connectivity index (χ4n) is 3.82. The Balaban J connectivity index is 1.37. The van der Waals surface area contributed by atoms with E-state index in [0.717, 1.165) is 29.2 Å². The van der Waals surface area contributed by atoms with Crippen molar-refractivity contribution >= 4 is 29.0 Å². The fourth-order valence-corrected chi connectivity index (χ4v) is 4.55. The number of benzene rings is 2. The van der Waals surface area contributed by atoms with E-state index in [-0.39, 0.29) is 5.91 Å². The molecule has 32 heavy (non-hydrogen) atoms. The van der Waals surface area contributed by atoms with Gasteiger partial charge < -0.3 is 14.4 Å². The van der Waals surface area contributed by atoms with Gasteiger partial charge in [0.1, 0.15) is 5.03 Å². The van der Waals surface area contributed by atoms with Crippen molar-refractivity contribution in [2.45, 2.75) is 11.4 Å². The first kappa shape index (κ1) is 20.3. The zero-order valence-electron chi connectivity index (χ0n) is 17.7. The number of anilines is 1. The van der Waals surface area contributed by atoms with Gasteiger partial charge in [0.2, 0.25) is 5.91 Å². The van der Waals surface area contributed by atoms with E-state index < -0.39 is 0 Å². The second kappa shape index (κ2) is 8.51. The molecule has 0 unspecified atom stereocenters. The minimum Gasteiger partial charge on any atom is -0.493 e. The van der Waals surface area contributed by atoms with Crippen molar-refractivity contribution in [3.63, 3.8) is 0 Å². The van der Waals surface area contributed by atoms with Gasteiger partial charge in [-0.25, -0.2) is 0 Å². The van der Waals surface area contributed by atoms with Crippen molar-refractivity contribution in [2.75, 3.05) is 31.4 Å². The molecule has 3 heterocycles. The van der Waals surface area contributed by atoms with Crippen molar-refractivity contribution < 1.29 is 14.3 Å². The first-order chi connectivity index (χ1) is 15.7. The number of ether oxygens (including phenoxy) is 2. The van der Waals surface area contributed by atoms with Crippen LogP contribution in [0.2, 0.25) is 0 Å². The minimum absolute atomic E-state index is 0.0747. The third-order valence-electron chi connectivity index (χ3n) is 5.41.